The molecule has 0 unspecified atom stereocenters. The van der Waals surface area contributed by atoms with Gasteiger partial charge in [0, 0.05) is 30.9 Å². The molecule has 1 amide bonds. The van der Waals surface area contributed by atoms with Crippen molar-refractivity contribution in [2.45, 2.75) is 18.9 Å². The highest BCUT2D eigenvalue weighted by molar-refractivity contribution is 7.08. The fourth-order valence-corrected chi connectivity index (χ4v) is 3.07. The van der Waals surface area contributed by atoms with E-state index in [4.69, 9.17) is 0 Å². The number of imidazole rings is 1. The number of thiophene rings is 1. The number of hydrogen-bond donors (Lipinski definition) is 0. The Balaban J connectivity index is 1.73. The maximum Gasteiger partial charge on any atom is 0.254 e. The van der Waals surface area contributed by atoms with E-state index < -0.39 is 0 Å². The first-order chi connectivity index (χ1) is 8.84. The molecule has 0 aliphatic carbocycles. The van der Waals surface area contributed by atoms with Crippen LogP contribution in [0.5, 0.6) is 0 Å². The number of piperidine rings is 1. The molecule has 5 heteroatoms. The van der Waals surface area contributed by atoms with Crippen molar-refractivity contribution in [3.63, 3.8) is 0 Å². The van der Waals surface area contributed by atoms with E-state index in [1.807, 2.05) is 34.3 Å². The molecule has 2 aromatic heterocycles. The lowest BCUT2D eigenvalue weighted by Gasteiger charge is -2.33. The first-order valence-corrected chi connectivity index (χ1v) is 7.08. The van der Waals surface area contributed by atoms with Crippen molar-refractivity contribution in [3.8, 4) is 0 Å². The molecule has 1 atom stereocenters. The van der Waals surface area contributed by atoms with Gasteiger partial charge in [-0.05, 0) is 24.3 Å². The predicted molar refractivity (Wildman–Crippen MR) is 70.7 cm³/mol. The third-order valence-electron chi connectivity index (χ3n) is 3.40. The quantitative estimate of drug-likeness (QED) is 0.832. The topological polar surface area (TPSA) is 38.1 Å². The van der Waals surface area contributed by atoms with E-state index >= 15 is 0 Å². The number of rotatable bonds is 2. The summed E-state index contributed by atoms with van der Waals surface area (Å²) >= 11 is 1.57. The second kappa shape index (κ2) is 4.94. The van der Waals surface area contributed by atoms with E-state index in [0.717, 1.165) is 31.5 Å². The maximum absolute atomic E-state index is 12.3. The number of nitrogens with zero attached hydrogens (tertiary/aromatic N) is 3. The fraction of sp³-hybridized carbons (Fsp3) is 0.385. The van der Waals surface area contributed by atoms with Crippen LogP contribution >= 0.6 is 11.3 Å². The summed E-state index contributed by atoms with van der Waals surface area (Å²) < 4.78 is 2.10. The molecule has 0 aromatic carbocycles. The largest absolute Gasteiger partial charge is 0.337 e. The lowest BCUT2D eigenvalue weighted by atomic mass is 10.0. The number of carbonyl (C=O) groups is 1. The number of aromatic nitrogens is 2. The Morgan fingerprint density at radius 3 is 3.17 bits per heavy atom. The smallest absolute Gasteiger partial charge is 0.254 e. The number of hydrogen-bond acceptors (Lipinski definition) is 3. The molecule has 0 N–H and O–H groups in total. The Hall–Kier alpha value is -1.62. The van der Waals surface area contributed by atoms with Crippen LogP contribution in [0.15, 0.2) is 35.5 Å². The normalized spacial score (nSPS) is 20.0. The van der Waals surface area contributed by atoms with Crippen molar-refractivity contribution in [2.75, 3.05) is 13.1 Å². The van der Waals surface area contributed by atoms with E-state index in [0.29, 0.717) is 6.04 Å². The Morgan fingerprint density at radius 1 is 1.50 bits per heavy atom. The van der Waals surface area contributed by atoms with Crippen LogP contribution in [0.1, 0.15) is 29.2 Å². The van der Waals surface area contributed by atoms with Crippen molar-refractivity contribution < 1.29 is 4.79 Å². The van der Waals surface area contributed by atoms with Gasteiger partial charge < -0.3 is 9.47 Å². The average Bonchev–Trinajstić information content (AvgIpc) is 3.11. The second-order valence-corrected chi connectivity index (χ2v) is 5.35. The summed E-state index contributed by atoms with van der Waals surface area (Å²) in [5.41, 5.74) is 0.811. The van der Waals surface area contributed by atoms with Gasteiger partial charge >= 0.3 is 0 Å². The first kappa shape index (κ1) is 11.5. The molecule has 2 aromatic rings. The SMILES string of the molecule is O=C(c1ccsc1)N1CCC[C@@H](n2ccnc2)C1. The van der Waals surface area contributed by atoms with Gasteiger partial charge in [-0.3, -0.25) is 4.79 Å². The molecular weight excluding hydrogens is 246 g/mol. The van der Waals surface area contributed by atoms with Crippen LogP contribution in [-0.2, 0) is 0 Å². The summed E-state index contributed by atoms with van der Waals surface area (Å²) in [6.45, 7) is 1.64. The minimum Gasteiger partial charge on any atom is -0.337 e. The minimum absolute atomic E-state index is 0.154. The van der Waals surface area contributed by atoms with E-state index in [2.05, 4.69) is 9.55 Å². The van der Waals surface area contributed by atoms with Gasteiger partial charge in [0.25, 0.3) is 5.91 Å². The van der Waals surface area contributed by atoms with Crippen molar-refractivity contribution in [2.24, 2.45) is 0 Å². The van der Waals surface area contributed by atoms with Gasteiger partial charge in [-0.2, -0.15) is 11.3 Å². The molecular formula is C13H15N3OS. The highest BCUT2D eigenvalue weighted by Crippen LogP contribution is 2.23. The van der Waals surface area contributed by atoms with Crippen molar-refractivity contribution in [1.82, 2.24) is 14.5 Å². The lowest BCUT2D eigenvalue weighted by Crippen LogP contribution is -2.40. The monoisotopic (exact) mass is 261 g/mol. The van der Waals surface area contributed by atoms with Crippen molar-refractivity contribution in [3.05, 3.63) is 41.1 Å². The third kappa shape index (κ3) is 2.18. The third-order valence-corrected chi connectivity index (χ3v) is 4.08. The summed E-state index contributed by atoms with van der Waals surface area (Å²) in [6, 6.07) is 2.26. The lowest BCUT2D eigenvalue weighted by molar-refractivity contribution is 0.0680. The average molecular weight is 261 g/mol. The van der Waals surface area contributed by atoms with Crippen LogP contribution in [0.2, 0.25) is 0 Å². The van der Waals surface area contributed by atoms with E-state index in [1.54, 1.807) is 17.5 Å². The van der Waals surface area contributed by atoms with Gasteiger partial charge in [-0.15, -0.1) is 0 Å². The van der Waals surface area contributed by atoms with Gasteiger partial charge in [0.15, 0.2) is 0 Å². The van der Waals surface area contributed by atoms with Crippen LogP contribution < -0.4 is 0 Å². The zero-order valence-corrected chi connectivity index (χ0v) is 10.8. The highest BCUT2D eigenvalue weighted by Gasteiger charge is 2.25. The molecule has 0 spiro atoms. The molecule has 0 bridgehead atoms. The van der Waals surface area contributed by atoms with Gasteiger partial charge in [0.2, 0.25) is 0 Å². The first-order valence-electron chi connectivity index (χ1n) is 6.13. The van der Waals surface area contributed by atoms with Crippen LogP contribution in [-0.4, -0.2) is 33.4 Å². The van der Waals surface area contributed by atoms with Crippen LogP contribution in [0, 0.1) is 0 Å². The Kier molecular flexibility index (Phi) is 3.15. The van der Waals surface area contributed by atoms with Gasteiger partial charge in [-0.25, -0.2) is 4.98 Å². The molecule has 1 fully saturated rings. The summed E-state index contributed by atoms with van der Waals surface area (Å²) in [5.74, 6) is 0.154. The summed E-state index contributed by atoms with van der Waals surface area (Å²) in [4.78, 5) is 18.3. The Labute approximate surface area is 110 Å². The molecule has 0 saturated carbocycles. The van der Waals surface area contributed by atoms with E-state index in [9.17, 15) is 4.79 Å². The van der Waals surface area contributed by atoms with Gasteiger partial charge in [-0.1, -0.05) is 0 Å². The molecule has 0 radical (unpaired) electrons. The van der Waals surface area contributed by atoms with E-state index in [-0.39, 0.29) is 5.91 Å². The second-order valence-electron chi connectivity index (χ2n) is 4.57. The Morgan fingerprint density at radius 2 is 2.44 bits per heavy atom. The summed E-state index contributed by atoms with van der Waals surface area (Å²) in [6.07, 6.45) is 7.77. The highest BCUT2D eigenvalue weighted by atomic mass is 32.1. The van der Waals surface area contributed by atoms with Crippen molar-refractivity contribution in [1.29, 1.82) is 0 Å². The zero-order valence-electron chi connectivity index (χ0n) is 10.0. The molecule has 1 aliphatic heterocycles. The standard InChI is InChI=1S/C13H15N3OS/c17-13(11-3-7-18-9-11)15-5-1-2-12(8-15)16-6-4-14-10-16/h3-4,6-7,9-10,12H,1-2,5,8H2/t12-/m1/s1. The number of amides is 1. The maximum atomic E-state index is 12.3. The van der Waals surface area contributed by atoms with Crippen LogP contribution in [0.4, 0.5) is 0 Å². The molecule has 4 nitrogen and oxygen atoms in total. The van der Waals surface area contributed by atoms with Gasteiger partial charge in [0.1, 0.15) is 0 Å². The predicted octanol–water partition coefficient (Wildman–Crippen LogP) is 2.42. The van der Waals surface area contributed by atoms with Crippen LogP contribution in [0.3, 0.4) is 0 Å². The number of carbonyl (C=O) groups excluding carboxylic acids is 1. The molecule has 1 saturated heterocycles. The molecule has 1 aliphatic rings. The van der Waals surface area contributed by atoms with Gasteiger partial charge in [0.05, 0.1) is 17.9 Å². The summed E-state index contributed by atoms with van der Waals surface area (Å²) in [7, 11) is 0. The molecule has 18 heavy (non-hydrogen) atoms. The molecule has 3 heterocycles. The zero-order chi connectivity index (χ0) is 12.4. The van der Waals surface area contributed by atoms with Crippen LogP contribution in [0.25, 0.3) is 0 Å². The molecule has 3 rings (SSSR count). The minimum atomic E-state index is 0.154. The Bertz CT molecular complexity index is 506. The number of likely N-dealkylation sites (tertiary alicyclic amines) is 1. The van der Waals surface area contributed by atoms with E-state index in [1.165, 1.54) is 0 Å². The molecule has 94 valence electrons. The van der Waals surface area contributed by atoms with Crippen molar-refractivity contribution >= 4 is 17.2 Å². The fourth-order valence-electron chi connectivity index (χ4n) is 2.44. The summed E-state index contributed by atoms with van der Waals surface area (Å²) in [5, 5.41) is 3.87.